The molecule has 0 saturated heterocycles. The predicted octanol–water partition coefficient (Wildman–Crippen LogP) is 1.35. The smallest absolute Gasteiger partial charge is 0.323 e. The van der Waals surface area contributed by atoms with Crippen LogP contribution in [0.5, 0.6) is 0 Å². The summed E-state index contributed by atoms with van der Waals surface area (Å²) in [6.45, 7) is 0.888. The van der Waals surface area contributed by atoms with E-state index < -0.39 is 0 Å². The zero-order valence-corrected chi connectivity index (χ0v) is 7.66. The second-order valence-electron chi connectivity index (χ2n) is 3.08. The number of carbonyl (C=O) groups excluding carboxylic acids is 1. The quantitative estimate of drug-likeness (QED) is 0.660. The Labute approximate surface area is 82.7 Å². The molecule has 2 amide bonds. The number of fused-ring (bicyclic) bond motifs is 1. The van der Waals surface area contributed by atoms with Crippen molar-refractivity contribution >= 4 is 11.7 Å². The minimum atomic E-state index is -0.123. The van der Waals surface area contributed by atoms with Gasteiger partial charge in [-0.15, -0.1) is 6.42 Å². The molecule has 0 radical (unpaired) electrons. The van der Waals surface area contributed by atoms with Crippen LogP contribution in [-0.4, -0.2) is 12.6 Å². The van der Waals surface area contributed by atoms with Crippen molar-refractivity contribution in [3.63, 3.8) is 0 Å². The number of hydrogen-bond acceptors (Lipinski definition) is 1. The van der Waals surface area contributed by atoms with E-state index in [9.17, 15) is 4.79 Å². The van der Waals surface area contributed by atoms with Crippen molar-refractivity contribution in [2.75, 3.05) is 11.4 Å². The van der Waals surface area contributed by atoms with Gasteiger partial charge in [0.1, 0.15) is 0 Å². The number of para-hydroxylation sites is 1. The zero-order valence-electron chi connectivity index (χ0n) is 7.66. The van der Waals surface area contributed by atoms with Crippen LogP contribution >= 0.6 is 0 Å². The van der Waals surface area contributed by atoms with E-state index in [2.05, 4.69) is 11.2 Å². The second kappa shape index (κ2) is 3.43. The summed E-state index contributed by atoms with van der Waals surface area (Å²) in [5, 5.41) is 2.76. The highest BCUT2D eigenvalue weighted by atomic mass is 16.2. The van der Waals surface area contributed by atoms with Crippen molar-refractivity contribution in [3.05, 3.63) is 29.8 Å². The molecule has 0 fully saturated rings. The van der Waals surface area contributed by atoms with Gasteiger partial charge < -0.3 is 5.32 Å². The number of amides is 2. The van der Waals surface area contributed by atoms with Crippen LogP contribution in [0.2, 0.25) is 0 Å². The Kier molecular flexibility index (Phi) is 2.11. The monoisotopic (exact) mass is 186 g/mol. The first kappa shape index (κ1) is 8.64. The van der Waals surface area contributed by atoms with Crippen LogP contribution in [0.15, 0.2) is 24.3 Å². The summed E-state index contributed by atoms with van der Waals surface area (Å²) in [4.78, 5) is 13.0. The highest BCUT2D eigenvalue weighted by molar-refractivity contribution is 5.95. The Morgan fingerprint density at radius 2 is 2.29 bits per heavy atom. The number of terminal acetylenes is 1. The number of nitrogens with zero attached hydrogens (tertiary/aromatic N) is 1. The summed E-state index contributed by atoms with van der Waals surface area (Å²) in [6.07, 6.45) is 5.21. The Morgan fingerprint density at radius 3 is 3.07 bits per heavy atom. The lowest BCUT2D eigenvalue weighted by molar-refractivity contribution is 0.245. The van der Waals surface area contributed by atoms with Gasteiger partial charge in [-0.3, -0.25) is 4.90 Å². The van der Waals surface area contributed by atoms with Crippen LogP contribution in [0, 0.1) is 12.3 Å². The van der Waals surface area contributed by atoms with Crippen LogP contribution < -0.4 is 10.2 Å². The van der Waals surface area contributed by atoms with Gasteiger partial charge in [-0.2, -0.15) is 0 Å². The first-order valence-corrected chi connectivity index (χ1v) is 4.39. The van der Waals surface area contributed by atoms with E-state index in [4.69, 9.17) is 6.42 Å². The highest BCUT2D eigenvalue weighted by Crippen LogP contribution is 2.23. The molecule has 2 rings (SSSR count). The molecule has 1 aliphatic heterocycles. The van der Waals surface area contributed by atoms with E-state index in [1.54, 1.807) is 4.90 Å². The third-order valence-corrected chi connectivity index (χ3v) is 2.21. The van der Waals surface area contributed by atoms with Crippen LogP contribution in [0.3, 0.4) is 0 Å². The van der Waals surface area contributed by atoms with Crippen LogP contribution in [0.1, 0.15) is 5.56 Å². The largest absolute Gasteiger partial charge is 0.334 e. The molecule has 14 heavy (non-hydrogen) atoms. The van der Waals surface area contributed by atoms with Crippen molar-refractivity contribution in [3.8, 4) is 12.3 Å². The molecule has 1 aromatic carbocycles. The van der Waals surface area contributed by atoms with Crippen molar-refractivity contribution in [1.82, 2.24) is 5.32 Å². The van der Waals surface area contributed by atoms with Gasteiger partial charge in [0.15, 0.2) is 0 Å². The number of hydrogen-bond donors (Lipinski definition) is 1. The lowest BCUT2D eigenvalue weighted by Gasteiger charge is -2.28. The third-order valence-electron chi connectivity index (χ3n) is 2.21. The number of anilines is 1. The first-order valence-electron chi connectivity index (χ1n) is 4.39. The fourth-order valence-corrected chi connectivity index (χ4v) is 1.55. The van der Waals surface area contributed by atoms with Crippen molar-refractivity contribution in [2.45, 2.75) is 6.54 Å². The predicted molar refractivity (Wildman–Crippen MR) is 54.9 cm³/mol. The molecule has 0 atom stereocenters. The first-order chi connectivity index (χ1) is 6.83. The SMILES string of the molecule is C#CCN1C(=O)NCc2ccccc21. The Morgan fingerprint density at radius 1 is 1.50 bits per heavy atom. The average molecular weight is 186 g/mol. The van der Waals surface area contributed by atoms with E-state index in [1.165, 1.54) is 0 Å². The maximum Gasteiger partial charge on any atom is 0.323 e. The fourth-order valence-electron chi connectivity index (χ4n) is 1.55. The number of benzene rings is 1. The van der Waals surface area contributed by atoms with Crippen LogP contribution in [0.4, 0.5) is 10.5 Å². The minimum Gasteiger partial charge on any atom is -0.334 e. The molecule has 0 saturated carbocycles. The molecule has 1 aliphatic rings. The van der Waals surface area contributed by atoms with E-state index in [1.807, 2.05) is 24.3 Å². The lowest BCUT2D eigenvalue weighted by atomic mass is 10.1. The molecule has 0 aliphatic carbocycles. The molecule has 3 nitrogen and oxygen atoms in total. The molecular weight excluding hydrogens is 176 g/mol. The fraction of sp³-hybridized carbons (Fsp3) is 0.182. The minimum absolute atomic E-state index is 0.123. The zero-order chi connectivity index (χ0) is 9.97. The van der Waals surface area contributed by atoms with Gasteiger partial charge in [-0.25, -0.2) is 4.79 Å². The van der Waals surface area contributed by atoms with Gasteiger partial charge >= 0.3 is 6.03 Å². The third kappa shape index (κ3) is 1.31. The number of carbonyl (C=O) groups is 1. The molecule has 1 N–H and O–H groups in total. The van der Waals surface area contributed by atoms with E-state index in [-0.39, 0.29) is 6.03 Å². The average Bonchev–Trinajstić information content (AvgIpc) is 2.23. The standard InChI is InChI=1S/C11H10N2O/c1-2-7-13-10-6-4-3-5-9(10)8-12-11(13)14/h1,3-6H,7-8H2,(H,12,14). The lowest BCUT2D eigenvalue weighted by Crippen LogP contribution is -2.44. The van der Waals surface area contributed by atoms with Gasteiger partial charge in [0.25, 0.3) is 0 Å². The van der Waals surface area contributed by atoms with E-state index >= 15 is 0 Å². The van der Waals surface area contributed by atoms with Gasteiger partial charge in [-0.1, -0.05) is 24.1 Å². The van der Waals surface area contributed by atoms with E-state index in [0.29, 0.717) is 13.1 Å². The topological polar surface area (TPSA) is 32.3 Å². The second-order valence-corrected chi connectivity index (χ2v) is 3.08. The molecule has 0 bridgehead atoms. The number of urea groups is 1. The summed E-state index contributed by atoms with van der Waals surface area (Å²) < 4.78 is 0. The van der Waals surface area contributed by atoms with Crippen LogP contribution in [0.25, 0.3) is 0 Å². The molecule has 0 unspecified atom stereocenters. The Hall–Kier alpha value is -1.95. The van der Waals surface area contributed by atoms with E-state index in [0.717, 1.165) is 11.3 Å². The van der Waals surface area contributed by atoms with Gasteiger partial charge in [-0.05, 0) is 11.6 Å². The van der Waals surface area contributed by atoms with Gasteiger partial charge in [0, 0.05) is 6.54 Å². The Balaban J connectivity index is 2.42. The highest BCUT2D eigenvalue weighted by Gasteiger charge is 2.21. The molecule has 3 heteroatoms. The number of nitrogens with one attached hydrogen (secondary N) is 1. The number of rotatable bonds is 1. The van der Waals surface area contributed by atoms with Gasteiger partial charge in [0.2, 0.25) is 0 Å². The molecule has 0 aromatic heterocycles. The summed E-state index contributed by atoms with van der Waals surface area (Å²) in [5.74, 6) is 2.47. The normalized spacial score (nSPS) is 14.2. The summed E-state index contributed by atoms with van der Waals surface area (Å²) in [6, 6.07) is 7.62. The van der Waals surface area contributed by atoms with Crippen molar-refractivity contribution in [1.29, 1.82) is 0 Å². The summed E-state index contributed by atoms with van der Waals surface area (Å²) >= 11 is 0. The molecular formula is C11H10N2O. The maximum absolute atomic E-state index is 11.5. The molecule has 0 spiro atoms. The molecule has 70 valence electrons. The van der Waals surface area contributed by atoms with Crippen molar-refractivity contribution < 1.29 is 4.79 Å². The maximum atomic E-state index is 11.5. The Bertz CT molecular complexity index is 406. The van der Waals surface area contributed by atoms with Crippen molar-refractivity contribution in [2.24, 2.45) is 0 Å². The van der Waals surface area contributed by atoms with Crippen LogP contribution in [-0.2, 0) is 6.54 Å². The summed E-state index contributed by atoms with van der Waals surface area (Å²) in [7, 11) is 0. The summed E-state index contributed by atoms with van der Waals surface area (Å²) in [5.41, 5.74) is 2.01. The van der Waals surface area contributed by atoms with Gasteiger partial charge in [0.05, 0.1) is 12.2 Å². The molecule has 1 aromatic rings. The molecule has 1 heterocycles.